The van der Waals surface area contributed by atoms with Gasteiger partial charge in [0.1, 0.15) is 6.54 Å². The molecule has 0 aromatic rings. The van der Waals surface area contributed by atoms with E-state index in [4.69, 9.17) is 10.5 Å². The van der Waals surface area contributed by atoms with Crippen molar-refractivity contribution in [3.63, 3.8) is 0 Å². The van der Waals surface area contributed by atoms with Crippen LogP contribution < -0.4 is 5.32 Å². The van der Waals surface area contributed by atoms with Gasteiger partial charge in [0.05, 0.1) is 0 Å². The number of carbonyl (C=O) groups is 1. The number of hydrogen-bond donors (Lipinski definition) is 3. The molecule has 3 N–H and O–H groups in total. The van der Waals surface area contributed by atoms with Crippen LogP contribution in [0.5, 0.6) is 0 Å². The van der Waals surface area contributed by atoms with Crippen molar-refractivity contribution in [2.75, 3.05) is 20.1 Å². The molecule has 22 heavy (non-hydrogen) atoms. The van der Waals surface area contributed by atoms with Gasteiger partial charge in [0.2, 0.25) is 0 Å². The summed E-state index contributed by atoms with van der Waals surface area (Å²) in [6.07, 6.45) is 12.9. The van der Waals surface area contributed by atoms with Crippen molar-refractivity contribution in [3.05, 3.63) is 0 Å². The quantitative estimate of drug-likeness (QED) is 0.211. The van der Waals surface area contributed by atoms with Crippen molar-refractivity contribution in [2.24, 2.45) is 0 Å². The molecule has 0 aliphatic carbocycles. The maximum absolute atomic E-state index is 10.5. The number of carboxylic acids is 1. The first-order valence-corrected chi connectivity index (χ1v) is 8.33. The van der Waals surface area contributed by atoms with Crippen LogP contribution in [0.3, 0.4) is 0 Å². The molecule has 0 aliphatic heterocycles. The van der Waals surface area contributed by atoms with Gasteiger partial charge in [-0.3, -0.25) is 10.2 Å². The summed E-state index contributed by atoms with van der Waals surface area (Å²) in [7, 11) is 1.61. The fourth-order valence-electron chi connectivity index (χ4n) is 2.24. The van der Waals surface area contributed by atoms with Crippen molar-refractivity contribution < 1.29 is 9.90 Å². The molecule has 6 heteroatoms. The number of likely N-dealkylation sites (N-methyl/N-ethyl adjacent to an activating group) is 1. The van der Waals surface area contributed by atoms with E-state index >= 15 is 0 Å². The summed E-state index contributed by atoms with van der Waals surface area (Å²) in [6, 6.07) is 0. The van der Waals surface area contributed by atoms with Crippen LogP contribution in [0.2, 0.25) is 0 Å². The maximum atomic E-state index is 10.5. The summed E-state index contributed by atoms with van der Waals surface area (Å²) in [5.41, 5.74) is 0. The topological polar surface area (TPSA) is 76.4 Å². The molecule has 0 atom stereocenters. The monoisotopic (exact) mass is 323 g/mol. The van der Waals surface area contributed by atoms with Gasteiger partial charge >= 0.3 is 35.5 Å². The summed E-state index contributed by atoms with van der Waals surface area (Å²) < 4.78 is 0. The average Bonchev–Trinajstić information content (AvgIpc) is 2.43. The summed E-state index contributed by atoms with van der Waals surface area (Å²) in [6.45, 7) is 2.86. The Morgan fingerprint density at radius 3 is 1.91 bits per heavy atom. The Hall–Kier alpha value is -0.260. The molecule has 0 bridgehead atoms. The van der Waals surface area contributed by atoms with Gasteiger partial charge in [0.15, 0.2) is 5.96 Å². The number of nitrogens with one attached hydrogen (secondary N) is 2. The van der Waals surface area contributed by atoms with Crippen molar-refractivity contribution in [1.82, 2.24) is 10.2 Å². The molecule has 0 aromatic heterocycles. The van der Waals surface area contributed by atoms with Gasteiger partial charge in [-0.25, -0.2) is 0 Å². The van der Waals surface area contributed by atoms with Gasteiger partial charge < -0.3 is 15.3 Å². The van der Waals surface area contributed by atoms with Crippen molar-refractivity contribution in [1.29, 1.82) is 5.41 Å². The second-order valence-electron chi connectivity index (χ2n) is 5.71. The Labute approximate surface area is 158 Å². The van der Waals surface area contributed by atoms with E-state index in [1.165, 1.54) is 62.7 Å². The van der Waals surface area contributed by atoms with Crippen LogP contribution in [-0.2, 0) is 4.79 Å². The number of unbranched alkanes of at least 4 members (excludes halogenated alkanes) is 9. The predicted octanol–water partition coefficient (Wildman–Crippen LogP) is 2.80. The van der Waals surface area contributed by atoms with E-state index in [1.54, 1.807) is 7.05 Å². The first-order chi connectivity index (χ1) is 10.1. The molecule has 0 fully saturated rings. The molecule has 0 saturated carbocycles. The van der Waals surface area contributed by atoms with E-state index in [0.717, 1.165) is 13.0 Å². The van der Waals surface area contributed by atoms with Gasteiger partial charge in [-0.2, -0.15) is 0 Å². The third kappa shape index (κ3) is 16.1. The first kappa shape index (κ1) is 24.0. The van der Waals surface area contributed by atoms with Gasteiger partial charge in [0.25, 0.3) is 0 Å². The molecule has 0 radical (unpaired) electrons. The average molecular weight is 323 g/mol. The van der Waals surface area contributed by atoms with E-state index in [-0.39, 0.29) is 42.1 Å². The second-order valence-corrected chi connectivity index (χ2v) is 5.71. The zero-order valence-corrected chi connectivity index (χ0v) is 13.8. The normalized spacial score (nSPS) is 9.91. The number of hydrogen-bond acceptors (Lipinski definition) is 2. The number of aliphatic carboxylic acids is 1. The standard InChI is InChI=1S/C16H33N3O2.Na.H/c1-3-4-5-6-7-8-9-10-11-12-13-18-16(17)19(2)14-15(20)21;;/h3-14H2,1-2H3,(H2,17,18)(H,20,21);;. The van der Waals surface area contributed by atoms with Crippen LogP contribution in [0.1, 0.15) is 71.1 Å². The Balaban J connectivity index is 0. The zero-order valence-electron chi connectivity index (χ0n) is 13.8. The van der Waals surface area contributed by atoms with E-state index < -0.39 is 5.97 Å². The molecule has 126 valence electrons. The van der Waals surface area contributed by atoms with Crippen LogP contribution in [0.15, 0.2) is 0 Å². The van der Waals surface area contributed by atoms with Crippen molar-refractivity contribution >= 4 is 41.5 Å². The third-order valence-electron chi connectivity index (χ3n) is 3.58. The molecular formula is C16H34N3NaO2. The summed E-state index contributed by atoms with van der Waals surface area (Å²) in [5, 5.41) is 19.3. The SMILES string of the molecule is CCCCCCCCCCCCNC(=N)N(C)CC(=O)O.[NaH]. The van der Waals surface area contributed by atoms with E-state index in [0.29, 0.717) is 0 Å². The van der Waals surface area contributed by atoms with Crippen LogP contribution in [0.25, 0.3) is 0 Å². The van der Waals surface area contributed by atoms with E-state index in [2.05, 4.69) is 12.2 Å². The Morgan fingerprint density at radius 2 is 1.45 bits per heavy atom. The van der Waals surface area contributed by atoms with Crippen LogP contribution in [0, 0.1) is 5.41 Å². The number of nitrogens with zero attached hydrogens (tertiary/aromatic N) is 1. The molecule has 0 aliphatic rings. The summed E-state index contributed by atoms with van der Waals surface area (Å²) in [4.78, 5) is 11.9. The number of rotatable bonds is 13. The molecule has 0 spiro atoms. The van der Waals surface area contributed by atoms with Gasteiger partial charge in [-0.1, -0.05) is 64.7 Å². The fraction of sp³-hybridized carbons (Fsp3) is 0.875. The second kappa shape index (κ2) is 17.1. The van der Waals surface area contributed by atoms with Gasteiger partial charge in [-0.15, -0.1) is 0 Å². The van der Waals surface area contributed by atoms with Crippen molar-refractivity contribution in [3.8, 4) is 0 Å². The van der Waals surface area contributed by atoms with Gasteiger partial charge in [0, 0.05) is 13.6 Å². The van der Waals surface area contributed by atoms with Gasteiger partial charge in [-0.05, 0) is 6.42 Å². The zero-order chi connectivity index (χ0) is 15.9. The minimum atomic E-state index is -0.914. The molecule has 0 unspecified atom stereocenters. The Kier molecular flexibility index (Phi) is 18.7. The summed E-state index contributed by atoms with van der Waals surface area (Å²) >= 11 is 0. The number of guanidine groups is 1. The molecule has 0 amide bonds. The minimum absolute atomic E-state index is 0. The van der Waals surface area contributed by atoms with Crippen LogP contribution in [-0.4, -0.2) is 71.6 Å². The van der Waals surface area contributed by atoms with E-state index in [9.17, 15) is 4.79 Å². The van der Waals surface area contributed by atoms with Crippen molar-refractivity contribution in [2.45, 2.75) is 71.1 Å². The predicted molar refractivity (Wildman–Crippen MR) is 95.0 cm³/mol. The summed E-state index contributed by atoms with van der Waals surface area (Å²) in [5.74, 6) is -0.726. The van der Waals surface area contributed by atoms with Crippen LogP contribution >= 0.6 is 0 Å². The molecule has 0 rings (SSSR count). The first-order valence-electron chi connectivity index (χ1n) is 8.33. The number of carboxylic acid groups (broad SMARTS) is 1. The molecule has 0 saturated heterocycles. The fourth-order valence-corrected chi connectivity index (χ4v) is 2.24. The third-order valence-corrected chi connectivity index (χ3v) is 3.58. The Morgan fingerprint density at radius 1 is 1.00 bits per heavy atom. The van der Waals surface area contributed by atoms with Crippen LogP contribution in [0.4, 0.5) is 0 Å². The van der Waals surface area contributed by atoms with E-state index in [1.807, 2.05) is 0 Å². The Bertz CT molecular complexity index is 289. The molecule has 5 nitrogen and oxygen atoms in total. The molecular weight excluding hydrogens is 289 g/mol. The molecule has 0 heterocycles. The molecule has 0 aromatic carbocycles.